The summed E-state index contributed by atoms with van der Waals surface area (Å²) < 4.78 is 1.97. The molecule has 1 aromatic carbocycles. The minimum absolute atomic E-state index is 0.515. The Morgan fingerprint density at radius 2 is 2.00 bits per heavy atom. The van der Waals surface area contributed by atoms with Gasteiger partial charge in [0.2, 0.25) is 0 Å². The third-order valence-electron chi connectivity index (χ3n) is 4.07. The van der Waals surface area contributed by atoms with E-state index in [1.165, 1.54) is 0 Å². The molecule has 5 heteroatoms. The van der Waals surface area contributed by atoms with Crippen molar-refractivity contribution in [1.82, 2.24) is 19.5 Å². The largest absolute Gasteiger partial charge is 0.387 e. The van der Waals surface area contributed by atoms with Crippen LogP contribution in [0.15, 0.2) is 42.6 Å². The van der Waals surface area contributed by atoms with E-state index in [0.29, 0.717) is 13.1 Å². The van der Waals surface area contributed by atoms with Crippen molar-refractivity contribution < 1.29 is 5.11 Å². The molecule has 0 aliphatic heterocycles. The van der Waals surface area contributed by atoms with Gasteiger partial charge in [-0.25, -0.2) is 0 Å². The first-order valence-corrected chi connectivity index (χ1v) is 7.77. The fourth-order valence-corrected chi connectivity index (χ4v) is 2.82. The number of benzene rings is 1. The number of aromatic nitrogens is 3. The molecule has 0 aliphatic rings. The van der Waals surface area contributed by atoms with Crippen LogP contribution in [-0.4, -0.2) is 38.2 Å². The highest BCUT2D eigenvalue weighted by atomic mass is 16.3. The van der Waals surface area contributed by atoms with Crippen LogP contribution in [0.2, 0.25) is 0 Å². The summed E-state index contributed by atoms with van der Waals surface area (Å²) in [6.07, 6.45) is 1.44. The quantitative estimate of drug-likeness (QED) is 0.787. The summed E-state index contributed by atoms with van der Waals surface area (Å²) in [5, 5.41) is 18.9. The van der Waals surface area contributed by atoms with Crippen LogP contribution in [0.1, 0.15) is 28.6 Å². The van der Waals surface area contributed by atoms with Gasteiger partial charge in [0.25, 0.3) is 0 Å². The minimum atomic E-state index is -0.515. The lowest BCUT2D eigenvalue weighted by molar-refractivity contribution is 0.122. The molecule has 1 atom stereocenters. The number of aliphatic hydroxyl groups excluding tert-OH is 1. The molecule has 0 saturated heterocycles. The molecule has 2 heterocycles. The maximum Gasteiger partial charge on any atom is 0.160 e. The Kier molecular flexibility index (Phi) is 4.41. The summed E-state index contributed by atoms with van der Waals surface area (Å²) in [7, 11) is 1.98. The zero-order valence-corrected chi connectivity index (χ0v) is 13.8. The van der Waals surface area contributed by atoms with Crippen LogP contribution in [0.5, 0.6) is 0 Å². The van der Waals surface area contributed by atoms with E-state index in [1.54, 1.807) is 0 Å². The van der Waals surface area contributed by atoms with E-state index in [1.807, 2.05) is 49.7 Å². The number of aryl methyl sites for hydroxylation is 2. The van der Waals surface area contributed by atoms with E-state index in [0.717, 1.165) is 28.2 Å². The van der Waals surface area contributed by atoms with E-state index < -0.39 is 6.10 Å². The van der Waals surface area contributed by atoms with E-state index in [-0.39, 0.29) is 0 Å². The summed E-state index contributed by atoms with van der Waals surface area (Å²) in [6.45, 7) is 5.25. The fraction of sp³-hybridized carbons (Fsp3) is 0.333. The van der Waals surface area contributed by atoms with Crippen LogP contribution < -0.4 is 0 Å². The predicted molar refractivity (Wildman–Crippen MR) is 90.2 cm³/mol. The number of likely N-dealkylation sites (N-methyl/N-ethyl adjacent to an activating group) is 1. The normalized spacial score (nSPS) is 12.9. The number of hydrogen-bond acceptors (Lipinski definition) is 4. The SMILES string of the molecule is Cc1ccc(C)c([C@@H](O)CN(C)Cc2nnc3ccccn23)c1. The van der Waals surface area contributed by atoms with E-state index in [2.05, 4.69) is 33.3 Å². The topological polar surface area (TPSA) is 53.7 Å². The molecule has 0 fully saturated rings. The number of hydrogen-bond donors (Lipinski definition) is 1. The summed E-state index contributed by atoms with van der Waals surface area (Å²) in [5.41, 5.74) is 4.11. The smallest absolute Gasteiger partial charge is 0.160 e. The van der Waals surface area contributed by atoms with Gasteiger partial charge in [-0.15, -0.1) is 10.2 Å². The lowest BCUT2D eigenvalue weighted by Crippen LogP contribution is -2.25. The van der Waals surface area contributed by atoms with Crippen molar-refractivity contribution in [1.29, 1.82) is 0 Å². The number of nitrogens with zero attached hydrogens (tertiary/aromatic N) is 4. The first kappa shape index (κ1) is 15.6. The van der Waals surface area contributed by atoms with Crippen molar-refractivity contribution in [2.75, 3.05) is 13.6 Å². The second kappa shape index (κ2) is 6.48. The Balaban J connectivity index is 1.71. The molecule has 0 unspecified atom stereocenters. The summed E-state index contributed by atoms with van der Waals surface area (Å²) in [4.78, 5) is 2.07. The maximum absolute atomic E-state index is 10.6. The third kappa shape index (κ3) is 3.41. The highest BCUT2D eigenvalue weighted by Crippen LogP contribution is 2.20. The molecule has 120 valence electrons. The maximum atomic E-state index is 10.6. The van der Waals surface area contributed by atoms with Gasteiger partial charge in [-0.3, -0.25) is 9.30 Å². The van der Waals surface area contributed by atoms with Crippen LogP contribution in [0.4, 0.5) is 0 Å². The Morgan fingerprint density at radius 3 is 2.83 bits per heavy atom. The second-order valence-electron chi connectivity index (χ2n) is 6.12. The van der Waals surface area contributed by atoms with Gasteiger partial charge in [0.1, 0.15) is 0 Å². The van der Waals surface area contributed by atoms with Crippen molar-refractivity contribution in [3.8, 4) is 0 Å². The highest BCUT2D eigenvalue weighted by molar-refractivity contribution is 5.37. The molecule has 1 N–H and O–H groups in total. The van der Waals surface area contributed by atoms with Gasteiger partial charge >= 0.3 is 0 Å². The molecule has 0 radical (unpaired) electrons. The van der Waals surface area contributed by atoms with Crippen LogP contribution >= 0.6 is 0 Å². The molecule has 3 rings (SSSR count). The van der Waals surface area contributed by atoms with Gasteiger partial charge in [-0.05, 0) is 44.2 Å². The van der Waals surface area contributed by atoms with Crippen molar-refractivity contribution in [3.05, 3.63) is 65.1 Å². The van der Waals surface area contributed by atoms with Gasteiger partial charge in [-0.1, -0.05) is 29.8 Å². The predicted octanol–water partition coefficient (Wildman–Crippen LogP) is 2.51. The second-order valence-corrected chi connectivity index (χ2v) is 6.12. The molecule has 0 saturated carbocycles. The van der Waals surface area contributed by atoms with E-state index in [9.17, 15) is 5.11 Å². The lowest BCUT2D eigenvalue weighted by atomic mass is 10.0. The Labute approximate surface area is 136 Å². The van der Waals surface area contributed by atoms with Crippen molar-refractivity contribution >= 4 is 5.65 Å². The molecule has 2 aromatic heterocycles. The number of pyridine rings is 1. The zero-order chi connectivity index (χ0) is 16.4. The monoisotopic (exact) mass is 310 g/mol. The van der Waals surface area contributed by atoms with E-state index >= 15 is 0 Å². The molecule has 0 spiro atoms. The zero-order valence-electron chi connectivity index (χ0n) is 13.8. The standard InChI is InChI=1S/C18H22N4O/c1-13-7-8-14(2)15(10-13)16(23)11-21(3)12-18-20-19-17-6-4-5-9-22(17)18/h4-10,16,23H,11-12H2,1-3H3/t16-/m0/s1. The average molecular weight is 310 g/mol. The number of aliphatic hydroxyl groups is 1. The molecule has 0 bridgehead atoms. The van der Waals surface area contributed by atoms with Gasteiger partial charge in [0.15, 0.2) is 11.5 Å². The molecular formula is C18H22N4O. The Morgan fingerprint density at radius 1 is 1.17 bits per heavy atom. The molecule has 0 amide bonds. The van der Waals surface area contributed by atoms with Crippen LogP contribution in [0.3, 0.4) is 0 Å². The van der Waals surface area contributed by atoms with E-state index in [4.69, 9.17) is 0 Å². The van der Waals surface area contributed by atoms with Gasteiger partial charge in [0.05, 0.1) is 12.6 Å². The van der Waals surface area contributed by atoms with Crippen molar-refractivity contribution in [2.24, 2.45) is 0 Å². The fourth-order valence-electron chi connectivity index (χ4n) is 2.82. The van der Waals surface area contributed by atoms with Crippen LogP contribution in [0, 0.1) is 13.8 Å². The molecule has 3 aromatic rings. The number of fused-ring (bicyclic) bond motifs is 1. The number of rotatable bonds is 5. The van der Waals surface area contributed by atoms with Crippen molar-refractivity contribution in [2.45, 2.75) is 26.5 Å². The van der Waals surface area contributed by atoms with Gasteiger partial charge in [0, 0.05) is 12.7 Å². The van der Waals surface area contributed by atoms with Crippen LogP contribution in [0.25, 0.3) is 5.65 Å². The van der Waals surface area contributed by atoms with Crippen LogP contribution in [-0.2, 0) is 6.54 Å². The average Bonchev–Trinajstić information content (AvgIpc) is 2.93. The van der Waals surface area contributed by atoms with Crippen molar-refractivity contribution in [3.63, 3.8) is 0 Å². The summed E-state index contributed by atoms with van der Waals surface area (Å²) >= 11 is 0. The van der Waals surface area contributed by atoms with Gasteiger partial charge in [-0.2, -0.15) is 0 Å². The first-order chi connectivity index (χ1) is 11.0. The summed E-state index contributed by atoms with van der Waals surface area (Å²) in [5.74, 6) is 0.872. The lowest BCUT2D eigenvalue weighted by Gasteiger charge is -2.21. The molecular weight excluding hydrogens is 288 g/mol. The third-order valence-corrected chi connectivity index (χ3v) is 4.07. The summed E-state index contributed by atoms with van der Waals surface area (Å²) in [6, 6.07) is 12.0. The minimum Gasteiger partial charge on any atom is -0.387 e. The highest BCUT2D eigenvalue weighted by Gasteiger charge is 2.15. The Hall–Kier alpha value is -2.24. The molecule has 0 aliphatic carbocycles. The first-order valence-electron chi connectivity index (χ1n) is 7.77. The Bertz CT molecular complexity index is 812. The molecule has 5 nitrogen and oxygen atoms in total. The van der Waals surface area contributed by atoms with Gasteiger partial charge < -0.3 is 5.11 Å². The molecule has 23 heavy (non-hydrogen) atoms.